The lowest BCUT2D eigenvalue weighted by molar-refractivity contribution is -0.116. The summed E-state index contributed by atoms with van der Waals surface area (Å²) in [7, 11) is 1.58. The molecule has 2 aromatic carbocycles. The van der Waals surface area contributed by atoms with Crippen LogP contribution in [0.3, 0.4) is 0 Å². The van der Waals surface area contributed by atoms with Gasteiger partial charge in [-0.05, 0) is 103 Å². The molecule has 13 heteroatoms. The molecule has 0 aromatic heterocycles. The van der Waals surface area contributed by atoms with E-state index in [4.69, 9.17) is 21.1 Å². The number of halogens is 1. The van der Waals surface area contributed by atoms with Gasteiger partial charge < -0.3 is 29.7 Å². The van der Waals surface area contributed by atoms with Crippen molar-refractivity contribution < 1.29 is 32.6 Å². The summed E-state index contributed by atoms with van der Waals surface area (Å²) >= 11 is 5.98. The van der Waals surface area contributed by atoms with Crippen molar-refractivity contribution in [2.75, 3.05) is 59.3 Å². The molecule has 1 heterocycles. The number of hydrogen-bond donors (Lipinski definition) is 2. The molecule has 2 amide bonds. The van der Waals surface area contributed by atoms with Crippen molar-refractivity contribution in [1.82, 2.24) is 14.1 Å². The number of aliphatic hydroxyl groups is 1. The van der Waals surface area contributed by atoms with Crippen LogP contribution in [-0.4, -0.2) is 112 Å². The van der Waals surface area contributed by atoms with Gasteiger partial charge in [-0.2, -0.15) is 4.31 Å². The Morgan fingerprint density at radius 1 is 1.13 bits per heavy atom. The van der Waals surface area contributed by atoms with Crippen molar-refractivity contribution in [1.29, 1.82) is 0 Å². The second-order valence-corrected chi connectivity index (χ2v) is 15.2. The molecule has 0 unspecified atom stereocenters. The van der Waals surface area contributed by atoms with Crippen LogP contribution in [0.5, 0.6) is 5.75 Å². The average Bonchev–Trinajstić information content (AvgIpc) is 3.02. The Labute approximate surface area is 285 Å². The molecule has 262 valence electrons. The SMILES string of the molecule is C[C@@H]1CCCCO[C@H](CN(C)S(=O)(=O)c2ccc(Cl)cc2)[C@@H](C)CN([C@@H](C)CO)C(=O)c2cc(NC(=O)CCCN(C)C)ccc2O1. The number of rotatable bonds is 11. The number of carbonyl (C=O) groups excluding carboxylic acids is 2. The highest BCUT2D eigenvalue weighted by Crippen LogP contribution is 2.29. The lowest BCUT2D eigenvalue weighted by Gasteiger charge is -2.35. The molecule has 0 bridgehead atoms. The molecule has 3 rings (SSSR count). The number of anilines is 1. The summed E-state index contributed by atoms with van der Waals surface area (Å²) in [4.78, 5) is 30.7. The highest BCUT2D eigenvalue weighted by atomic mass is 35.5. The third kappa shape index (κ3) is 11.4. The van der Waals surface area contributed by atoms with Crippen molar-refractivity contribution in [2.45, 2.75) is 76.0 Å². The summed E-state index contributed by atoms with van der Waals surface area (Å²) in [5.41, 5.74) is 0.747. The molecule has 2 N–H and O–H groups in total. The maximum Gasteiger partial charge on any atom is 0.258 e. The summed E-state index contributed by atoms with van der Waals surface area (Å²) in [6.07, 6.45) is 2.54. The standard InChI is InChI=1S/C34H51ClN4O7S/c1-24-21-39(25(2)23-40)34(42)30-20-28(36-33(41)11-9-18-37(4)5)14-17-31(30)46-26(3)10-7-8-19-45-32(24)22-38(6)47(43,44)29-15-12-27(35)13-16-29/h12-17,20,24-26,32,40H,7-11,18-19,21-23H2,1-6H3,(H,36,41)/t24-,25-,26+,32+/m0/s1. The fourth-order valence-electron chi connectivity index (χ4n) is 5.38. The summed E-state index contributed by atoms with van der Waals surface area (Å²) in [6, 6.07) is 10.5. The van der Waals surface area contributed by atoms with Crippen molar-refractivity contribution in [3.8, 4) is 5.75 Å². The summed E-state index contributed by atoms with van der Waals surface area (Å²) in [6.45, 7) is 6.74. The average molecular weight is 695 g/mol. The van der Waals surface area contributed by atoms with Crippen LogP contribution in [-0.2, 0) is 19.6 Å². The van der Waals surface area contributed by atoms with Crippen LogP contribution in [0.25, 0.3) is 0 Å². The third-order valence-corrected chi connectivity index (χ3v) is 10.4. The molecule has 1 aliphatic heterocycles. The molecule has 0 aliphatic carbocycles. The second kappa shape index (κ2) is 18.1. The summed E-state index contributed by atoms with van der Waals surface area (Å²) in [5, 5.41) is 13.5. The maximum atomic E-state index is 14.3. The van der Waals surface area contributed by atoms with Gasteiger partial charge in [0.1, 0.15) is 5.75 Å². The van der Waals surface area contributed by atoms with Gasteiger partial charge >= 0.3 is 0 Å². The fraction of sp³-hybridized carbons (Fsp3) is 0.588. The molecule has 4 atom stereocenters. The molecule has 0 radical (unpaired) electrons. The van der Waals surface area contributed by atoms with Gasteiger partial charge in [0.25, 0.3) is 5.91 Å². The molecule has 2 aromatic rings. The first-order valence-corrected chi connectivity index (χ1v) is 18.0. The van der Waals surface area contributed by atoms with E-state index in [1.807, 2.05) is 32.8 Å². The number of likely N-dealkylation sites (N-methyl/N-ethyl adjacent to an activating group) is 1. The largest absolute Gasteiger partial charge is 0.490 e. The van der Waals surface area contributed by atoms with E-state index in [1.54, 1.807) is 30.0 Å². The smallest absolute Gasteiger partial charge is 0.258 e. The number of aliphatic hydroxyl groups excluding tert-OH is 1. The van der Waals surface area contributed by atoms with Crippen molar-refractivity contribution in [3.63, 3.8) is 0 Å². The second-order valence-electron chi connectivity index (χ2n) is 12.7. The van der Waals surface area contributed by atoms with Gasteiger partial charge in [0, 0.05) is 49.8 Å². The van der Waals surface area contributed by atoms with Crippen LogP contribution < -0.4 is 10.1 Å². The van der Waals surface area contributed by atoms with E-state index in [0.717, 1.165) is 19.4 Å². The Kier molecular flexibility index (Phi) is 14.9. The van der Waals surface area contributed by atoms with E-state index in [0.29, 0.717) is 42.3 Å². The fourth-order valence-corrected chi connectivity index (χ4v) is 6.69. The molecule has 11 nitrogen and oxygen atoms in total. The Balaban J connectivity index is 1.92. The van der Waals surface area contributed by atoms with E-state index in [-0.39, 0.29) is 54.0 Å². The molecule has 0 spiro atoms. The minimum Gasteiger partial charge on any atom is -0.490 e. The van der Waals surface area contributed by atoms with Crippen molar-refractivity contribution in [3.05, 3.63) is 53.1 Å². The number of benzene rings is 2. The topological polar surface area (TPSA) is 129 Å². The first kappa shape index (κ1) is 38.7. The Morgan fingerprint density at radius 3 is 2.49 bits per heavy atom. The third-order valence-electron chi connectivity index (χ3n) is 8.30. The number of ether oxygens (including phenoxy) is 2. The minimum absolute atomic E-state index is 0.0573. The van der Waals surface area contributed by atoms with Gasteiger partial charge in [-0.1, -0.05) is 18.5 Å². The number of nitrogens with one attached hydrogen (secondary N) is 1. The molecule has 0 fully saturated rings. The maximum absolute atomic E-state index is 14.3. The highest BCUT2D eigenvalue weighted by molar-refractivity contribution is 7.89. The van der Waals surface area contributed by atoms with Crippen LogP contribution in [0.15, 0.2) is 47.4 Å². The number of hydrogen-bond acceptors (Lipinski definition) is 8. The molecular formula is C34H51ClN4O7S. The van der Waals surface area contributed by atoms with E-state index < -0.39 is 22.2 Å². The van der Waals surface area contributed by atoms with Gasteiger partial charge in [0.2, 0.25) is 15.9 Å². The van der Waals surface area contributed by atoms with Crippen LogP contribution >= 0.6 is 11.6 Å². The van der Waals surface area contributed by atoms with E-state index in [1.165, 1.54) is 35.6 Å². The van der Waals surface area contributed by atoms with Crippen LogP contribution in [0.1, 0.15) is 63.2 Å². The van der Waals surface area contributed by atoms with Gasteiger partial charge in [0.05, 0.1) is 35.3 Å². The number of sulfonamides is 1. The molecule has 1 aliphatic rings. The summed E-state index contributed by atoms with van der Waals surface area (Å²) < 4.78 is 40.7. The van der Waals surface area contributed by atoms with Gasteiger partial charge in [0.15, 0.2) is 0 Å². The first-order valence-electron chi connectivity index (χ1n) is 16.2. The van der Waals surface area contributed by atoms with Crippen LogP contribution in [0, 0.1) is 5.92 Å². The predicted octanol–water partition coefficient (Wildman–Crippen LogP) is 4.74. The Morgan fingerprint density at radius 2 is 1.83 bits per heavy atom. The lowest BCUT2D eigenvalue weighted by atomic mass is 10.0. The van der Waals surface area contributed by atoms with Crippen LogP contribution in [0.2, 0.25) is 5.02 Å². The molecule has 0 saturated heterocycles. The number of fused-ring (bicyclic) bond motifs is 1. The zero-order valence-corrected chi connectivity index (χ0v) is 30.0. The number of nitrogens with zero attached hydrogens (tertiary/aromatic N) is 3. The van der Waals surface area contributed by atoms with Crippen LogP contribution in [0.4, 0.5) is 5.69 Å². The van der Waals surface area contributed by atoms with E-state index in [2.05, 4.69) is 5.32 Å². The van der Waals surface area contributed by atoms with Gasteiger partial charge in [-0.3, -0.25) is 9.59 Å². The highest BCUT2D eigenvalue weighted by Gasteiger charge is 2.32. The van der Waals surface area contributed by atoms with Crippen molar-refractivity contribution >= 4 is 39.1 Å². The van der Waals surface area contributed by atoms with E-state index >= 15 is 0 Å². The number of amides is 2. The summed E-state index contributed by atoms with van der Waals surface area (Å²) in [5.74, 6) is -0.445. The number of carbonyl (C=O) groups is 2. The Bertz CT molecular complexity index is 1420. The minimum atomic E-state index is -3.84. The quantitative estimate of drug-likeness (QED) is 0.346. The predicted molar refractivity (Wildman–Crippen MR) is 185 cm³/mol. The molecule has 0 saturated carbocycles. The monoisotopic (exact) mass is 694 g/mol. The van der Waals surface area contributed by atoms with E-state index in [9.17, 15) is 23.1 Å². The zero-order chi connectivity index (χ0) is 34.7. The normalized spacial score (nSPS) is 20.8. The first-order chi connectivity index (χ1) is 22.2. The van der Waals surface area contributed by atoms with Crippen molar-refractivity contribution in [2.24, 2.45) is 5.92 Å². The molecule has 47 heavy (non-hydrogen) atoms. The Hall–Kier alpha value is -2.74. The lowest BCUT2D eigenvalue weighted by Crippen LogP contribution is -2.48. The van der Waals surface area contributed by atoms with Gasteiger partial charge in [-0.25, -0.2) is 8.42 Å². The van der Waals surface area contributed by atoms with Gasteiger partial charge in [-0.15, -0.1) is 0 Å². The zero-order valence-electron chi connectivity index (χ0n) is 28.4. The molecular weight excluding hydrogens is 644 g/mol.